The molecule has 0 aliphatic carbocycles. The molecule has 5 heteroatoms. The van der Waals surface area contributed by atoms with Gasteiger partial charge < -0.3 is 10.2 Å². The molecule has 2 heterocycles. The van der Waals surface area contributed by atoms with Crippen LogP contribution in [0.2, 0.25) is 0 Å². The Morgan fingerprint density at radius 1 is 1.22 bits per heavy atom. The maximum absolute atomic E-state index is 12.7. The molecule has 2 aliphatic heterocycles. The van der Waals surface area contributed by atoms with E-state index in [1.54, 1.807) is 0 Å². The third kappa shape index (κ3) is 3.29. The van der Waals surface area contributed by atoms with Crippen molar-refractivity contribution in [2.45, 2.75) is 34.6 Å². The monoisotopic (exact) mass is 329 g/mol. The maximum Gasteiger partial charge on any atom is 0.264 e. The molecule has 0 atom stereocenters. The van der Waals surface area contributed by atoms with Crippen LogP contribution in [0, 0.1) is 19.3 Å². The van der Waals surface area contributed by atoms with Crippen molar-refractivity contribution in [3.8, 4) is 0 Å². The lowest BCUT2D eigenvalue weighted by Crippen LogP contribution is -2.40. The number of amidine groups is 1. The number of allylic oxidation sites excluding steroid dienone is 1. The van der Waals surface area contributed by atoms with Crippen LogP contribution in [-0.4, -0.2) is 29.1 Å². The molecule has 4 nitrogen and oxygen atoms in total. The molecule has 0 bridgehead atoms. The van der Waals surface area contributed by atoms with Crippen molar-refractivity contribution >= 4 is 28.5 Å². The van der Waals surface area contributed by atoms with Crippen molar-refractivity contribution in [3.63, 3.8) is 0 Å². The van der Waals surface area contributed by atoms with E-state index < -0.39 is 0 Å². The van der Waals surface area contributed by atoms with E-state index in [1.807, 2.05) is 32.9 Å². The number of thioether (sulfide) groups is 1. The Kier molecular flexibility index (Phi) is 4.00. The summed E-state index contributed by atoms with van der Waals surface area (Å²) in [5.41, 5.74) is 4.29. The number of benzene rings is 1. The predicted octanol–water partition coefficient (Wildman–Crippen LogP) is 3.92. The average Bonchev–Trinajstić information content (AvgIpc) is 2.73. The molecule has 3 rings (SSSR count). The molecule has 0 fully saturated rings. The number of fused-ring (bicyclic) bond motifs is 1. The van der Waals surface area contributed by atoms with Crippen LogP contribution in [0.25, 0.3) is 0 Å². The Labute approximate surface area is 142 Å². The van der Waals surface area contributed by atoms with Crippen molar-refractivity contribution in [1.29, 1.82) is 0 Å². The topological polar surface area (TPSA) is 44.7 Å². The molecule has 0 saturated heterocycles. The van der Waals surface area contributed by atoms with Gasteiger partial charge in [-0.25, -0.2) is 0 Å². The van der Waals surface area contributed by atoms with Gasteiger partial charge in [0.25, 0.3) is 5.91 Å². The quantitative estimate of drug-likeness (QED) is 0.894. The normalized spacial score (nSPS) is 19.5. The van der Waals surface area contributed by atoms with E-state index in [-0.39, 0.29) is 11.3 Å². The van der Waals surface area contributed by atoms with Crippen LogP contribution >= 0.6 is 11.8 Å². The number of hydrogen-bond acceptors (Lipinski definition) is 4. The Bertz CT molecular complexity index is 714. The van der Waals surface area contributed by atoms with Gasteiger partial charge in [-0.05, 0) is 55.8 Å². The lowest BCUT2D eigenvalue weighted by molar-refractivity contribution is -0.112. The smallest absolute Gasteiger partial charge is 0.264 e. The first-order valence-corrected chi connectivity index (χ1v) is 8.67. The van der Waals surface area contributed by atoms with Crippen LogP contribution in [0.1, 0.15) is 31.9 Å². The SMILES string of the molecule is CC1=C(C(=O)Nc2cc(C)cc(C)c2)SC2=NCC(C)(C)CN21. The number of anilines is 1. The Hall–Kier alpha value is -1.75. The molecule has 1 N–H and O–H groups in total. The van der Waals surface area contributed by atoms with Crippen LogP contribution in [-0.2, 0) is 4.79 Å². The number of nitrogens with one attached hydrogen (secondary N) is 1. The van der Waals surface area contributed by atoms with E-state index in [1.165, 1.54) is 11.8 Å². The summed E-state index contributed by atoms with van der Waals surface area (Å²) in [6.45, 7) is 12.2. The van der Waals surface area contributed by atoms with Crippen molar-refractivity contribution in [3.05, 3.63) is 39.9 Å². The van der Waals surface area contributed by atoms with E-state index in [2.05, 4.69) is 35.1 Å². The predicted molar refractivity (Wildman–Crippen MR) is 97.6 cm³/mol. The van der Waals surface area contributed by atoms with Crippen LogP contribution in [0.3, 0.4) is 0 Å². The zero-order valence-corrected chi connectivity index (χ0v) is 15.2. The van der Waals surface area contributed by atoms with Gasteiger partial charge in [0.15, 0.2) is 5.17 Å². The first-order chi connectivity index (χ1) is 10.7. The molecule has 0 saturated carbocycles. The van der Waals surface area contributed by atoms with E-state index >= 15 is 0 Å². The van der Waals surface area contributed by atoms with E-state index in [4.69, 9.17) is 0 Å². The van der Waals surface area contributed by atoms with Gasteiger partial charge in [-0.15, -0.1) is 0 Å². The highest BCUT2D eigenvalue weighted by Crippen LogP contribution is 2.39. The van der Waals surface area contributed by atoms with Gasteiger partial charge in [-0.1, -0.05) is 19.9 Å². The van der Waals surface area contributed by atoms with E-state index in [9.17, 15) is 4.79 Å². The standard InChI is InChI=1S/C18H23N3OS/c1-11-6-12(2)8-14(7-11)20-16(22)15-13(3)21-10-18(4,5)9-19-17(21)23-15/h6-8H,9-10H2,1-5H3,(H,20,22). The second-order valence-electron chi connectivity index (χ2n) is 7.20. The average molecular weight is 329 g/mol. The zero-order valence-electron chi connectivity index (χ0n) is 14.4. The fourth-order valence-corrected chi connectivity index (χ4v) is 4.02. The van der Waals surface area contributed by atoms with E-state index in [0.717, 1.165) is 45.7 Å². The summed E-state index contributed by atoms with van der Waals surface area (Å²) in [6.07, 6.45) is 0. The van der Waals surface area contributed by atoms with Gasteiger partial charge in [0, 0.05) is 29.9 Å². The maximum atomic E-state index is 12.7. The molecule has 122 valence electrons. The molecule has 1 aromatic rings. The van der Waals surface area contributed by atoms with Gasteiger partial charge in [0.2, 0.25) is 0 Å². The number of hydrogen-bond donors (Lipinski definition) is 1. The summed E-state index contributed by atoms with van der Waals surface area (Å²) in [5, 5.41) is 3.98. The largest absolute Gasteiger partial charge is 0.323 e. The molecule has 0 radical (unpaired) electrons. The summed E-state index contributed by atoms with van der Waals surface area (Å²) in [7, 11) is 0. The molecule has 0 spiro atoms. The summed E-state index contributed by atoms with van der Waals surface area (Å²) in [6, 6.07) is 6.09. The third-order valence-electron chi connectivity index (χ3n) is 4.07. The lowest BCUT2D eigenvalue weighted by atomic mass is 9.92. The van der Waals surface area contributed by atoms with Gasteiger partial charge in [0.05, 0.1) is 4.91 Å². The first kappa shape index (κ1) is 16.1. The minimum atomic E-state index is -0.0487. The molecule has 2 aliphatic rings. The van der Waals surface area contributed by atoms with Crippen molar-refractivity contribution < 1.29 is 4.79 Å². The van der Waals surface area contributed by atoms with Crippen LogP contribution in [0.15, 0.2) is 33.8 Å². The highest BCUT2D eigenvalue weighted by atomic mass is 32.2. The third-order valence-corrected chi connectivity index (χ3v) is 5.29. The Morgan fingerprint density at radius 3 is 2.52 bits per heavy atom. The van der Waals surface area contributed by atoms with Crippen LogP contribution < -0.4 is 5.32 Å². The van der Waals surface area contributed by atoms with Gasteiger partial charge >= 0.3 is 0 Å². The fourth-order valence-electron chi connectivity index (χ4n) is 3.00. The molecular formula is C18H23N3OS. The number of rotatable bonds is 2. The van der Waals surface area contributed by atoms with Crippen LogP contribution in [0.5, 0.6) is 0 Å². The minimum absolute atomic E-state index is 0.0487. The first-order valence-electron chi connectivity index (χ1n) is 7.85. The molecular weight excluding hydrogens is 306 g/mol. The second kappa shape index (κ2) is 5.71. The Balaban J connectivity index is 1.82. The number of amides is 1. The number of carbonyl (C=O) groups is 1. The van der Waals surface area contributed by atoms with Gasteiger partial charge in [-0.3, -0.25) is 9.79 Å². The number of carbonyl (C=O) groups excluding carboxylic acids is 1. The van der Waals surface area contributed by atoms with Crippen LogP contribution in [0.4, 0.5) is 5.69 Å². The lowest BCUT2D eigenvalue weighted by Gasteiger charge is -2.35. The van der Waals surface area contributed by atoms with Gasteiger partial charge in [0.1, 0.15) is 0 Å². The number of nitrogens with zero attached hydrogens (tertiary/aromatic N) is 2. The Morgan fingerprint density at radius 2 is 1.87 bits per heavy atom. The fraction of sp³-hybridized carbons (Fsp3) is 0.444. The highest BCUT2D eigenvalue weighted by molar-refractivity contribution is 8.18. The highest BCUT2D eigenvalue weighted by Gasteiger charge is 2.37. The summed E-state index contributed by atoms with van der Waals surface area (Å²) < 4.78 is 0. The van der Waals surface area contributed by atoms with Crippen molar-refractivity contribution in [2.75, 3.05) is 18.4 Å². The second-order valence-corrected chi connectivity index (χ2v) is 8.17. The molecule has 23 heavy (non-hydrogen) atoms. The molecule has 1 amide bonds. The summed E-state index contributed by atoms with van der Waals surface area (Å²) in [5.74, 6) is -0.0487. The van der Waals surface area contributed by atoms with Gasteiger partial charge in [-0.2, -0.15) is 0 Å². The van der Waals surface area contributed by atoms with Crippen molar-refractivity contribution in [2.24, 2.45) is 10.4 Å². The zero-order chi connectivity index (χ0) is 16.8. The molecule has 0 aromatic heterocycles. The summed E-state index contributed by atoms with van der Waals surface area (Å²) >= 11 is 1.48. The van der Waals surface area contributed by atoms with E-state index in [0.29, 0.717) is 0 Å². The molecule has 1 aromatic carbocycles. The minimum Gasteiger partial charge on any atom is -0.323 e. The van der Waals surface area contributed by atoms with Crippen molar-refractivity contribution in [1.82, 2.24) is 4.90 Å². The molecule has 0 unspecified atom stereocenters. The number of aliphatic imine (C=N–C) groups is 1. The summed E-state index contributed by atoms with van der Waals surface area (Å²) in [4.78, 5) is 20.2. The number of aryl methyl sites for hydroxylation is 2.